The Hall–Kier alpha value is -1.48. The van der Waals surface area contributed by atoms with E-state index in [1.165, 1.54) is 11.7 Å². The maximum atomic E-state index is 11.9. The first-order chi connectivity index (χ1) is 9.48. The molecule has 3 unspecified atom stereocenters. The zero-order valence-corrected chi connectivity index (χ0v) is 11.3. The molecule has 0 amide bonds. The molecule has 0 saturated carbocycles. The molecule has 110 valence electrons. The lowest BCUT2D eigenvalue weighted by atomic mass is 10.0. The lowest BCUT2D eigenvalue weighted by Gasteiger charge is -2.30. The number of nitrogens with zero attached hydrogens (tertiary/aromatic N) is 2. The molecule has 2 saturated heterocycles. The smallest absolute Gasteiger partial charge is 0.351 e. The van der Waals surface area contributed by atoms with Crippen LogP contribution in [0.4, 0.5) is 5.82 Å². The molecule has 3 rings (SSSR count). The van der Waals surface area contributed by atoms with Gasteiger partial charge in [-0.1, -0.05) is 0 Å². The summed E-state index contributed by atoms with van der Waals surface area (Å²) in [5.74, 6) is 0.183. The third-order valence-electron chi connectivity index (χ3n) is 3.84. The molecule has 1 aromatic rings. The first-order valence-corrected chi connectivity index (χ1v) is 6.30. The molecule has 2 aliphatic rings. The molecule has 4 atom stereocenters. The number of aryl methyl sites for hydroxylation is 1. The van der Waals surface area contributed by atoms with Crippen molar-refractivity contribution in [3.05, 3.63) is 22.2 Å². The van der Waals surface area contributed by atoms with Crippen molar-refractivity contribution in [3.63, 3.8) is 0 Å². The van der Waals surface area contributed by atoms with Gasteiger partial charge in [-0.05, 0) is 6.92 Å². The number of hydrogen-bond donors (Lipinski definition) is 2. The molecule has 0 aromatic carbocycles. The Kier molecular flexibility index (Phi) is 3.05. The van der Waals surface area contributed by atoms with Gasteiger partial charge < -0.3 is 25.1 Å². The number of nitrogen functional groups attached to an aromatic ring is 1. The fraction of sp³-hybridized carbons (Fsp3) is 0.667. The number of aromatic nitrogens is 2. The number of fused-ring (bicyclic) bond motifs is 2. The summed E-state index contributed by atoms with van der Waals surface area (Å²) in [5, 5.41) is 10.3. The number of nitrogens with two attached hydrogens (primary N) is 1. The van der Waals surface area contributed by atoms with E-state index in [0.717, 1.165) is 0 Å². The molecule has 0 radical (unpaired) electrons. The van der Waals surface area contributed by atoms with Crippen LogP contribution in [0.5, 0.6) is 0 Å². The number of aliphatic hydroxyl groups excluding tert-OH is 1. The van der Waals surface area contributed by atoms with E-state index in [2.05, 4.69) is 4.98 Å². The van der Waals surface area contributed by atoms with Crippen LogP contribution >= 0.6 is 0 Å². The summed E-state index contributed by atoms with van der Waals surface area (Å²) >= 11 is 0. The zero-order chi connectivity index (χ0) is 14.5. The topological polar surface area (TPSA) is 109 Å². The van der Waals surface area contributed by atoms with Gasteiger partial charge >= 0.3 is 5.69 Å². The van der Waals surface area contributed by atoms with Gasteiger partial charge in [0, 0.05) is 18.9 Å². The van der Waals surface area contributed by atoms with Gasteiger partial charge in [0.2, 0.25) is 0 Å². The van der Waals surface area contributed by atoms with Crippen LogP contribution < -0.4 is 11.4 Å². The van der Waals surface area contributed by atoms with E-state index in [9.17, 15) is 9.90 Å². The Morgan fingerprint density at radius 3 is 3.15 bits per heavy atom. The highest BCUT2D eigenvalue weighted by atomic mass is 16.7. The molecular formula is C12H17N3O5. The fourth-order valence-electron chi connectivity index (χ4n) is 2.74. The van der Waals surface area contributed by atoms with Crippen LogP contribution in [0.3, 0.4) is 0 Å². The second-order valence-electron chi connectivity index (χ2n) is 5.23. The number of methoxy groups -OCH3 is 1. The number of ether oxygens (including phenoxy) is 3. The minimum atomic E-state index is -0.932. The van der Waals surface area contributed by atoms with Crippen molar-refractivity contribution in [2.24, 2.45) is 0 Å². The van der Waals surface area contributed by atoms with Gasteiger partial charge in [0.1, 0.15) is 23.6 Å². The molecule has 2 aliphatic heterocycles. The molecule has 20 heavy (non-hydrogen) atoms. The quantitative estimate of drug-likeness (QED) is 0.717. The number of rotatable bonds is 3. The Balaban J connectivity index is 1.98. The van der Waals surface area contributed by atoms with Gasteiger partial charge in [-0.2, -0.15) is 4.98 Å². The van der Waals surface area contributed by atoms with E-state index in [0.29, 0.717) is 5.56 Å². The predicted octanol–water partition coefficient (Wildman–Crippen LogP) is -1.19. The molecule has 3 heterocycles. The van der Waals surface area contributed by atoms with Crippen molar-refractivity contribution in [2.45, 2.75) is 31.0 Å². The second kappa shape index (κ2) is 4.52. The van der Waals surface area contributed by atoms with E-state index >= 15 is 0 Å². The van der Waals surface area contributed by atoms with Crippen molar-refractivity contribution in [1.82, 2.24) is 9.55 Å². The van der Waals surface area contributed by atoms with Gasteiger partial charge in [-0.15, -0.1) is 0 Å². The van der Waals surface area contributed by atoms with Crippen molar-refractivity contribution in [2.75, 3.05) is 26.1 Å². The highest BCUT2D eigenvalue weighted by Gasteiger charge is 2.62. The Bertz CT molecular complexity index is 589. The maximum Gasteiger partial charge on any atom is 0.351 e. The van der Waals surface area contributed by atoms with Crippen molar-refractivity contribution < 1.29 is 19.3 Å². The Labute approximate surface area is 115 Å². The third-order valence-corrected chi connectivity index (χ3v) is 3.84. The molecule has 2 bridgehead atoms. The van der Waals surface area contributed by atoms with Crippen LogP contribution in [0.25, 0.3) is 0 Å². The average molecular weight is 283 g/mol. The van der Waals surface area contributed by atoms with Crippen LogP contribution in [-0.2, 0) is 14.2 Å². The second-order valence-corrected chi connectivity index (χ2v) is 5.23. The summed E-state index contributed by atoms with van der Waals surface area (Å²) in [6.45, 7) is 2.17. The zero-order valence-electron chi connectivity index (χ0n) is 11.3. The predicted molar refractivity (Wildman–Crippen MR) is 68.1 cm³/mol. The van der Waals surface area contributed by atoms with Crippen LogP contribution in [-0.4, -0.2) is 52.8 Å². The number of anilines is 1. The van der Waals surface area contributed by atoms with E-state index in [4.69, 9.17) is 19.9 Å². The molecule has 0 aliphatic carbocycles. The van der Waals surface area contributed by atoms with Crippen molar-refractivity contribution >= 4 is 5.82 Å². The van der Waals surface area contributed by atoms with Gasteiger partial charge in [0.25, 0.3) is 0 Å². The SMILES string of the molecule is COC[C@]12COC(C(n3cc(C)c(N)nc3=O)O1)C2O. The van der Waals surface area contributed by atoms with Crippen molar-refractivity contribution in [1.29, 1.82) is 0 Å². The highest BCUT2D eigenvalue weighted by molar-refractivity contribution is 5.35. The van der Waals surface area contributed by atoms with Gasteiger partial charge in [0.15, 0.2) is 6.23 Å². The van der Waals surface area contributed by atoms with E-state index in [-0.39, 0.29) is 19.0 Å². The summed E-state index contributed by atoms with van der Waals surface area (Å²) in [6.07, 6.45) is -0.634. The number of aliphatic hydroxyl groups is 1. The fourth-order valence-corrected chi connectivity index (χ4v) is 2.74. The van der Waals surface area contributed by atoms with Gasteiger partial charge in [0.05, 0.1) is 13.2 Å². The van der Waals surface area contributed by atoms with Crippen LogP contribution in [0.2, 0.25) is 0 Å². The van der Waals surface area contributed by atoms with E-state index < -0.39 is 29.7 Å². The van der Waals surface area contributed by atoms with Crippen LogP contribution in [0.1, 0.15) is 11.8 Å². The standard InChI is InChI=1S/C12H17N3O5/c1-6-3-15(11(17)14-9(6)13)10-7-8(16)12(20-10,4-18-2)5-19-7/h3,7-8,10,16H,4-5H2,1-2H3,(H2,13,14,17)/t7?,8?,10?,12-/m1/s1. The first kappa shape index (κ1) is 13.5. The molecule has 0 spiro atoms. The van der Waals surface area contributed by atoms with Gasteiger partial charge in [-0.3, -0.25) is 4.57 Å². The third kappa shape index (κ3) is 1.76. The summed E-state index contributed by atoms with van der Waals surface area (Å²) in [4.78, 5) is 15.7. The molecule has 8 nitrogen and oxygen atoms in total. The van der Waals surface area contributed by atoms with Crippen molar-refractivity contribution in [3.8, 4) is 0 Å². The minimum Gasteiger partial charge on any atom is -0.387 e. The first-order valence-electron chi connectivity index (χ1n) is 6.30. The largest absolute Gasteiger partial charge is 0.387 e. The summed E-state index contributed by atoms with van der Waals surface area (Å²) < 4.78 is 17.8. The normalized spacial score (nSPS) is 35.6. The molecule has 3 N–H and O–H groups in total. The summed E-state index contributed by atoms with van der Waals surface area (Å²) in [7, 11) is 1.52. The number of hydrogen-bond acceptors (Lipinski definition) is 7. The minimum absolute atomic E-state index is 0.183. The molecule has 2 fully saturated rings. The van der Waals surface area contributed by atoms with E-state index in [1.54, 1.807) is 13.1 Å². The maximum absolute atomic E-state index is 11.9. The summed E-state index contributed by atoms with van der Waals surface area (Å²) in [6, 6.07) is 0. The monoisotopic (exact) mass is 283 g/mol. The molecular weight excluding hydrogens is 266 g/mol. The van der Waals surface area contributed by atoms with Crippen LogP contribution in [0, 0.1) is 6.92 Å². The summed E-state index contributed by atoms with van der Waals surface area (Å²) in [5.41, 5.74) is 4.79. The van der Waals surface area contributed by atoms with E-state index in [1.807, 2.05) is 0 Å². The lowest BCUT2D eigenvalue weighted by molar-refractivity contribution is -0.190. The molecule has 1 aromatic heterocycles. The molecule has 8 heteroatoms. The van der Waals surface area contributed by atoms with Crippen LogP contribution in [0.15, 0.2) is 11.0 Å². The Morgan fingerprint density at radius 2 is 2.45 bits per heavy atom. The van der Waals surface area contributed by atoms with Gasteiger partial charge in [-0.25, -0.2) is 4.79 Å². The lowest BCUT2D eigenvalue weighted by Crippen LogP contribution is -2.45. The highest BCUT2D eigenvalue weighted by Crippen LogP contribution is 2.44. The average Bonchev–Trinajstić information content (AvgIpc) is 2.85. The Morgan fingerprint density at radius 1 is 1.70 bits per heavy atom.